The lowest BCUT2D eigenvalue weighted by Gasteiger charge is -2.14. The van der Waals surface area contributed by atoms with Crippen LogP contribution < -0.4 is 4.74 Å². The standard InChI is InChI=1S/C17H18O4/c1-13(14-6-3-2-4-7-14)20-10-11-21-16-9-5-8-15(12-16)17(18)19/h2-9,12-13H,10-11H2,1H3,(H,18,19). The fourth-order valence-electron chi connectivity index (χ4n) is 1.92. The number of rotatable bonds is 7. The van der Waals surface area contributed by atoms with Gasteiger partial charge >= 0.3 is 5.97 Å². The fourth-order valence-corrected chi connectivity index (χ4v) is 1.92. The minimum Gasteiger partial charge on any atom is -0.491 e. The van der Waals surface area contributed by atoms with Crippen molar-refractivity contribution >= 4 is 5.97 Å². The molecule has 2 rings (SSSR count). The maximum Gasteiger partial charge on any atom is 0.335 e. The highest BCUT2D eigenvalue weighted by atomic mass is 16.5. The van der Waals surface area contributed by atoms with Crippen LogP contribution >= 0.6 is 0 Å². The third kappa shape index (κ3) is 4.61. The van der Waals surface area contributed by atoms with Crippen molar-refractivity contribution in [2.24, 2.45) is 0 Å². The zero-order valence-corrected chi connectivity index (χ0v) is 11.9. The number of benzene rings is 2. The van der Waals surface area contributed by atoms with Gasteiger partial charge in [-0.3, -0.25) is 0 Å². The molecular formula is C17H18O4. The lowest BCUT2D eigenvalue weighted by molar-refractivity contribution is 0.0439. The van der Waals surface area contributed by atoms with Crippen LogP contribution in [0.5, 0.6) is 5.75 Å². The third-order valence-corrected chi connectivity index (χ3v) is 3.07. The Labute approximate surface area is 123 Å². The summed E-state index contributed by atoms with van der Waals surface area (Å²) in [5.41, 5.74) is 1.33. The maximum atomic E-state index is 10.8. The summed E-state index contributed by atoms with van der Waals surface area (Å²) < 4.78 is 11.2. The van der Waals surface area contributed by atoms with Crippen LogP contribution in [0.25, 0.3) is 0 Å². The molecule has 0 bridgehead atoms. The number of carbonyl (C=O) groups is 1. The zero-order chi connectivity index (χ0) is 15.1. The first kappa shape index (κ1) is 15.1. The molecule has 2 aromatic rings. The van der Waals surface area contributed by atoms with Gasteiger partial charge in [-0.2, -0.15) is 0 Å². The quantitative estimate of drug-likeness (QED) is 0.791. The number of hydrogen-bond acceptors (Lipinski definition) is 3. The molecule has 0 aliphatic rings. The van der Waals surface area contributed by atoms with Crippen molar-refractivity contribution in [2.75, 3.05) is 13.2 Å². The smallest absolute Gasteiger partial charge is 0.335 e. The molecule has 0 aromatic heterocycles. The van der Waals surface area contributed by atoms with Crippen LogP contribution in [0.2, 0.25) is 0 Å². The Kier molecular flexibility index (Phi) is 5.35. The van der Waals surface area contributed by atoms with Crippen LogP contribution in [0.4, 0.5) is 0 Å². The average Bonchev–Trinajstić information content (AvgIpc) is 2.52. The van der Waals surface area contributed by atoms with Crippen molar-refractivity contribution < 1.29 is 19.4 Å². The van der Waals surface area contributed by atoms with E-state index < -0.39 is 5.97 Å². The van der Waals surface area contributed by atoms with Gasteiger partial charge in [0.1, 0.15) is 12.4 Å². The molecule has 0 radical (unpaired) electrons. The predicted octanol–water partition coefficient (Wildman–Crippen LogP) is 3.54. The second-order valence-electron chi connectivity index (χ2n) is 4.61. The average molecular weight is 286 g/mol. The Morgan fingerprint density at radius 1 is 1.10 bits per heavy atom. The molecule has 0 aliphatic carbocycles. The summed E-state index contributed by atoms with van der Waals surface area (Å²) in [5, 5.41) is 8.90. The number of ether oxygens (including phenoxy) is 2. The monoisotopic (exact) mass is 286 g/mol. The summed E-state index contributed by atoms with van der Waals surface area (Å²) >= 11 is 0. The van der Waals surface area contributed by atoms with E-state index in [0.717, 1.165) is 5.56 Å². The molecule has 0 heterocycles. The summed E-state index contributed by atoms with van der Waals surface area (Å²) in [5.74, 6) is -0.430. The molecule has 0 aliphatic heterocycles. The highest BCUT2D eigenvalue weighted by molar-refractivity contribution is 5.87. The van der Waals surface area contributed by atoms with Crippen LogP contribution in [0.1, 0.15) is 28.9 Å². The van der Waals surface area contributed by atoms with Crippen molar-refractivity contribution in [1.82, 2.24) is 0 Å². The van der Waals surface area contributed by atoms with E-state index in [1.54, 1.807) is 12.1 Å². The first-order chi connectivity index (χ1) is 10.2. The predicted molar refractivity (Wildman–Crippen MR) is 79.7 cm³/mol. The largest absolute Gasteiger partial charge is 0.491 e. The number of aromatic carboxylic acids is 1. The van der Waals surface area contributed by atoms with E-state index in [4.69, 9.17) is 14.6 Å². The molecule has 4 heteroatoms. The van der Waals surface area contributed by atoms with Gasteiger partial charge in [-0.1, -0.05) is 36.4 Å². The van der Waals surface area contributed by atoms with E-state index in [1.165, 1.54) is 12.1 Å². The molecule has 1 N–H and O–H groups in total. The van der Waals surface area contributed by atoms with E-state index >= 15 is 0 Å². The molecule has 0 spiro atoms. The third-order valence-electron chi connectivity index (χ3n) is 3.07. The van der Waals surface area contributed by atoms with E-state index in [0.29, 0.717) is 19.0 Å². The van der Waals surface area contributed by atoms with Crippen LogP contribution in [-0.4, -0.2) is 24.3 Å². The molecule has 0 fully saturated rings. The summed E-state index contributed by atoms with van der Waals surface area (Å²) in [4.78, 5) is 10.8. The number of carboxylic acids is 1. The first-order valence-electron chi connectivity index (χ1n) is 6.79. The molecule has 1 unspecified atom stereocenters. The van der Waals surface area contributed by atoms with E-state index in [2.05, 4.69) is 0 Å². The van der Waals surface area contributed by atoms with Gasteiger partial charge in [-0.05, 0) is 30.7 Å². The van der Waals surface area contributed by atoms with E-state index in [-0.39, 0.29) is 11.7 Å². The van der Waals surface area contributed by atoms with Crippen molar-refractivity contribution in [3.05, 3.63) is 65.7 Å². The molecule has 4 nitrogen and oxygen atoms in total. The molecule has 0 amide bonds. The molecule has 2 aromatic carbocycles. The Morgan fingerprint density at radius 3 is 2.57 bits per heavy atom. The SMILES string of the molecule is CC(OCCOc1cccc(C(=O)O)c1)c1ccccc1. The van der Waals surface area contributed by atoms with Gasteiger partial charge in [0.2, 0.25) is 0 Å². The van der Waals surface area contributed by atoms with Crippen LogP contribution in [-0.2, 0) is 4.74 Å². The first-order valence-corrected chi connectivity index (χ1v) is 6.79. The lowest BCUT2D eigenvalue weighted by Crippen LogP contribution is -2.09. The highest BCUT2D eigenvalue weighted by Gasteiger charge is 2.06. The summed E-state index contributed by atoms with van der Waals surface area (Å²) in [6, 6.07) is 16.4. The number of carboxylic acid groups (broad SMARTS) is 1. The Balaban J connectivity index is 1.77. The van der Waals surface area contributed by atoms with Crippen molar-refractivity contribution in [2.45, 2.75) is 13.0 Å². The van der Waals surface area contributed by atoms with Crippen LogP contribution in [0.3, 0.4) is 0 Å². The zero-order valence-electron chi connectivity index (χ0n) is 11.9. The maximum absolute atomic E-state index is 10.8. The minimum absolute atomic E-state index is 0.000143. The van der Waals surface area contributed by atoms with Gasteiger partial charge in [0.15, 0.2) is 0 Å². The van der Waals surface area contributed by atoms with Crippen molar-refractivity contribution in [1.29, 1.82) is 0 Å². The fraction of sp³-hybridized carbons (Fsp3) is 0.235. The molecule has 0 saturated heterocycles. The van der Waals surface area contributed by atoms with Gasteiger partial charge < -0.3 is 14.6 Å². The van der Waals surface area contributed by atoms with Gasteiger partial charge in [-0.15, -0.1) is 0 Å². The second-order valence-corrected chi connectivity index (χ2v) is 4.61. The summed E-state index contributed by atoms with van der Waals surface area (Å²) in [6.07, 6.45) is 0.000143. The van der Waals surface area contributed by atoms with Gasteiger partial charge in [0.05, 0.1) is 18.3 Å². The van der Waals surface area contributed by atoms with E-state index in [1.807, 2.05) is 37.3 Å². The van der Waals surface area contributed by atoms with E-state index in [9.17, 15) is 4.79 Å². The molecule has 1 atom stereocenters. The van der Waals surface area contributed by atoms with Gasteiger partial charge in [0, 0.05) is 0 Å². The minimum atomic E-state index is -0.964. The Hall–Kier alpha value is -2.33. The normalized spacial score (nSPS) is 11.9. The summed E-state index contributed by atoms with van der Waals surface area (Å²) in [6.45, 7) is 2.80. The highest BCUT2D eigenvalue weighted by Crippen LogP contribution is 2.16. The Bertz CT molecular complexity index is 580. The molecule has 0 saturated carbocycles. The molecule has 110 valence electrons. The topological polar surface area (TPSA) is 55.8 Å². The van der Waals surface area contributed by atoms with Gasteiger partial charge in [-0.25, -0.2) is 4.79 Å². The van der Waals surface area contributed by atoms with Crippen molar-refractivity contribution in [3.8, 4) is 5.75 Å². The molecular weight excluding hydrogens is 268 g/mol. The second kappa shape index (κ2) is 7.45. The van der Waals surface area contributed by atoms with Crippen LogP contribution in [0.15, 0.2) is 54.6 Å². The lowest BCUT2D eigenvalue weighted by atomic mass is 10.1. The van der Waals surface area contributed by atoms with Crippen LogP contribution in [0, 0.1) is 0 Å². The van der Waals surface area contributed by atoms with Crippen molar-refractivity contribution in [3.63, 3.8) is 0 Å². The number of hydrogen-bond donors (Lipinski definition) is 1. The van der Waals surface area contributed by atoms with Gasteiger partial charge in [0.25, 0.3) is 0 Å². The Morgan fingerprint density at radius 2 is 1.86 bits per heavy atom. The molecule has 21 heavy (non-hydrogen) atoms. The summed E-state index contributed by atoms with van der Waals surface area (Å²) in [7, 11) is 0.